The normalized spacial score (nSPS) is 25.3. The van der Waals surface area contributed by atoms with Gasteiger partial charge in [0.1, 0.15) is 5.54 Å². The second-order valence-corrected chi connectivity index (χ2v) is 5.91. The van der Waals surface area contributed by atoms with E-state index < -0.39 is 17.4 Å². The number of amides is 1. The van der Waals surface area contributed by atoms with E-state index in [-0.39, 0.29) is 17.0 Å². The first-order chi connectivity index (χ1) is 9.84. The van der Waals surface area contributed by atoms with Crippen LogP contribution in [0.2, 0.25) is 0 Å². The third-order valence-electron chi connectivity index (χ3n) is 4.13. The van der Waals surface area contributed by atoms with Crippen molar-refractivity contribution < 1.29 is 14.7 Å². The van der Waals surface area contributed by atoms with Crippen molar-refractivity contribution in [2.75, 3.05) is 0 Å². The van der Waals surface area contributed by atoms with Gasteiger partial charge in [0.2, 0.25) is 0 Å². The first-order valence-electron chi connectivity index (χ1n) is 7.07. The molecule has 1 aliphatic carbocycles. The van der Waals surface area contributed by atoms with Gasteiger partial charge in [-0.05, 0) is 24.8 Å². The first-order valence-corrected chi connectivity index (χ1v) is 7.07. The van der Waals surface area contributed by atoms with Gasteiger partial charge in [-0.2, -0.15) is 0 Å². The van der Waals surface area contributed by atoms with E-state index in [9.17, 15) is 19.5 Å². The van der Waals surface area contributed by atoms with Gasteiger partial charge in [-0.15, -0.1) is 0 Å². The van der Waals surface area contributed by atoms with Crippen LogP contribution in [-0.4, -0.2) is 27.1 Å². The quantitative estimate of drug-likeness (QED) is 0.874. The topological polar surface area (TPSA) is 88.4 Å². The van der Waals surface area contributed by atoms with Crippen LogP contribution in [0.1, 0.15) is 43.0 Å². The molecule has 0 spiro atoms. The number of aliphatic carboxylic acids is 1. The second kappa shape index (κ2) is 5.71. The van der Waals surface area contributed by atoms with E-state index in [1.807, 2.05) is 6.92 Å². The molecule has 6 heteroatoms. The van der Waals surface area contributed by atoms with Crippen LogP contribution in [0.15, 0.2) is 23.1 Å². The molecule has 0 saturated heterocycles. The molecule has 0 bridgehead atoms. The maximum absolute atomic E-state index is 12.3. The summed E-state index contributed by atoms with van der Waals surface area (Å²) in [6.07, 6.45) is 4.07. The summed E-state index contributed by atoms with van der Waals surface area (Å²) in [5.41, 5.74) is -1.34. The summed E-state index contributed by atoms with van der Waals surface area (Å²) in [7, 11) is 1.59. The number of nitrogens with one attached hydrogen (secondary N) is 1. The summed E-state index contributed by atoms with van der Waals surface area (Å²) in [6.45, 7) is 1.99. The van der Waals surface area contributed by atoms with Gasteiger partial charge in [0.15, 0.2) is 0 Å². The minimum Gasteiger partial charge on any atom is -0.480 e. The Morgan fingerprint density at radius 1 is 1.48 bits per heavy atom. The van der Waals surface area contributed by atoms with Gasteiger partial charge in [-0.3, -0.25) is 9.59 Å². The second-order valence-electron chi connectivity index (χ2n) is 5.91. The number of carbonyl (C=O) groups excluding carboxylic acids is 1. The number of pyridine rings is 1. The number of aromatic nitrogens is 1. The van der Waals surface area contributed by atoms with Crippen molar-refractivity contribution in [1.29, 1.82) is 0 Å². The predicted molar refractivity (Wildman–Crippen MR) is 77.1 cm³/mol. The van der Waals surface area contributed by atoms with Crippen molar-refractivity contribution in [1.82, 2.24) is 9.88 Å². The highest BCUT2D eigenvalue weighted by molar-refractivity contribution is 5.97. The van der Waals surface area contributed by atoms with Gasteiger partial charge in [0, 0.05) is 24.9 Å². The molecule has 2 unspecified atom stereocenters. The van der Waals surface area contributed by atoms with Gasteiger partial charge in [-0.1, -0.05) is 19.8 Å². The van der Waals surface area contributed by atoms with Gasteiger partial charge >= 0.3 is 5.97 Å². The van der Waals surface area contributed by atoms with E-state index in [0.29, 0.717) is 12.8 Å². The van der Waals surface area contributed by atoms with Crippen molar-refractivity contribution in [3.63, 3.8) is 0 Å². The third kappa shape index (κ3) is 3.15. The Balaban J connectivity index is 2.24. The molecule has 0 aromatic carbocycles. The highest BCUT2D eigenvalue weighted by Crippen LogP contribution is 2.32. The lowest BCUT2D eigenvalue weighted by atomic mass is 9.76. The standard InChI is InChI=1S/C15H20N2O4/c1-10-4-3-6-15(9-10,14(20)21)16-13(19)11-5-7-17(2)12(18)8-11/h5,7-8,10H,3-4,6,9H2,1-2H3,(H,16,19)(H,20,21). The van der Waals surface area contributed by atoms with E-state index >= 15 is 0 Å². The highest BCUT2D eigenvalue weighted by atomic mass is 16.4. The number of aryl methyl sites for hydroxylation is 1. The highest BCUT2D eigenvalue weighted by Gasteiger charge is 2.43. The minimum absolute atomic E-state index is 0.192. The van der Waals surface area contributed by atoms with Crippen LogP contribution >= 0.6 is 0 Å². The molecule has 1 aromatic rings. The molecule has 1 amide bonds. The monoisotopic (exact) mass is 292 g/mol. The summed E-state index contributed by atoms with van der Waals surface area (Å²) >= 11 is 0. The first kappa shape index (κ1) is 15.3. The summed E-state index contributed by atoms with van der Waals surface area (Å²) < 4.78 is 1.35. The fourth-order valence-electron chi connectivity index (χ4n) is 2.89. The zero-order chi connectivity index (χ0) is 15.6. The maximum atomic E-state index is 12.3. The molecule has 6 nitrogen and oxygen atoms in total. The molecule has 1 heterocycles. The molecule has 1 aliphatic rings. The number of rotatable bonds is 3. The molecule has 2 N–H and O–H groups in total. The molecule has 1 aromatic heterocycles. The molecule has 2 rings (SSSR count). The number of hydrogen-bond donors (Lipinski definition) is 2. The summed E-state index contributed by atoms with van der Waals surface area (Å²) in [4.78, 5) is 35.5. The Labute approximate surface area is 122 Å². The molecule has 114 valence electrons. The van der Waals surface area contributed by atoms with Crippen molar-refractivity contribution in [3.8, 4) is 0 Å². The SMILES string of the molecule is CC1CCCC(NC(=O)c2ccn(C)c(=O)c2)(C(=O)O)C1. The number of nitrogens with zero attached hydrogens (tertiary/aromatic N) is 1. The largest absolute Gasteiger partial charge is 0.480 e. The molecule has 1 fully saturated rings. The van der Waals surface area contributed by atoms with Gasteiger partial charge < -0.3 is 15.0 Å². The lowest BCUT2D eigenvalue weighted by molar-refractivity contribution is -0.146. The molecule has 1 saturated carbocycles. The van der Waals surface area contributed by atoms with E-state index in [0.717, 1.165) is 12.8 Å². The molecular weight excluding hydrogens is 272 g/mol. The minimum atomic E-state index is -1.23. The van der Waals surface area contributed by atoms with Crippen LogP contribution in [0.25, 0.3) is 0 Å². The lowest BCUT2D eigenvalue weighted by Gasteiger charge is -2.37. The smallest absolute Gasteiger partial charge is 0.329 e. The Bertz CT molecular complexity index is 622. The zero-order valence-electron chi connectivity index (χ0n) is 12.3. The summed E-state index contributed by atoms with van der Waals surface area (Å²) in [5.74, 6) is -1.27. The fourth-order valence-corrected chi connectivity index (χ4v) is 2.89. The average Bonchev–Trinajstić information content (AvgIpc) is 2.41. The zero-order valence-corrected chi connectivity index (χ0v) is 12.3. The molecular formula is C15H20N2O4. The number of carbonyl (C=O) groups is 2. The number of carboxylic acid groups (broad SMARTS) is 1. The molecule has 21 heavy (non-hydrogen) atoms. The van der Waals surface area contributed by atoms with Crippen molar-refractivity contribution in [2.45, 2.75) is 38.1 Å². The van der Waals surface area contributed by atoms with E-state index in [1.165, 1.54) is 22.9 Å². The third-order valence-corrected chi connectivity index (χ3v) is 4.13. The lowest BCUT2D eigenvalue weighted by Crippen LogP contribution is -2.56. The Hall–Kier alpha value is -2.11. The predicted octanol–water partition coefficient (Wildman–Crippen LogP) is 1.15. The van der Waals surface area contributed by atoms with E-state index in [2.05, 4.69) is 5.32 Å². The summed E-state index contributed by atoms with van der Waals surface area (Å²) in [6, 6.07) is 2.73. The molecule has 0 radical (unpaired) electrons. The van der Waals surface area contributed by atoms with Crippen LogP contribution in [0.3, 0.4) is 0 Å². The van der Waals surface area contributed by atoms with Crippen LogP contribution in [-0.2, 0) is 11.8 Å². The van der Waals surface area contributed by atoms with Crippen LogP contribution in [0, 0.1) is 5.92 Å². The van der Waals surface area contributed by atoms with Crippen LogP contribution in [0.4, 0.5) is 0 Å². The van der Waals surface area contributed by atoms with Gasteiger partial charge in [-0.25, -0.2) is 4.79 Å². The van der Waals surface area contributed by atoms with Crippen LogP contribution in [0.5, 0.6) is 0 Å². The van der Waals surface area contributed by atoms with Gasteiger partial charge in [0.25, 0.3) is 11.5 Å². The maximum Gasteiger partial charge on any atom is 0.329 e. The Kier molecular flexibility index (Phi) is 4.16. The average molecular weight is 292 g/mol. The van der Waals surface area contributed by atoms with E-state index in [1.54, 1.807) is 7.05 Å². The number of hydrogen-bond acceptors (Lipinski definition) is 3. The summed E-state index contributed by atoms with van der Waals surface area (Å²) in [5, 5.41) is 12.2. The molecule has 0 aliphatic heterocycles. The van der Waals surface area contributed by atoms with E-state index in [4.69, 9.17) is 0 Å². The van der Waals surface area contributed by atoms with Gasteiger partial charge in [0.05, 0.1) is 0 Å². The fraction of sp³-hybridized carbons (Fsp3) is 0.533. The molecule has 2 atom stereocenters. The number of carboxylic acids is 1. The van der Waals surface area contributed by atoms with Crippen LogP contribution < -0.4 is 10.9 Å². The van der Waals surface area contributed by atoms with Crippen molar-refractivity contribution >= 4 is 11.9 Å². The Morgan fingerprint density at radius 2 is 2.19 bits per heavy atom. The Morgan fingerprint density at radius 3 is 2.76 bits per heavy atom. The van der Waals surface area contributed by atoms with Crippen molar-refractivity contribution in [3.05, 3.63) is 34.2 Å². The van der Waals surface area contributed by atoms with Crippen molar-refractivity contribution in [2.24, 2.45) is 13.0 Å².